The maximum absolute atomic E-state index is 11.6. The molecule has 122 valence electrons. The van der Waals surface area contributed by atoms with Crippen LogP contribution in [0.1, 0.15) is 16.7 Å². The number of allylic oxidation sites excluding steroid dienone is 1. The van der Waals surface area contributed by atoms with Gasteiger partial charge in [0.2, 0.25) is 0 Å². The number of nitrogens with two attached hydrogens (primary N) is 1. The molecule has 3 rings (SSSR count). The summed E-state index contributed by atoms with van der Waals surface area (Å²) in [4.78, 5) is 16.0. The summed E-state index contributed by atoms with van der Waals surface area (Å²) in [6, 6.07) is 19.3. The van der Waals surface area contributed by atoms with Crippen molar-refractivity contribution >= 4 is 17.3 Å². The summed E-state index contributed by atoms with van der Waals surface area (Å²) in [7, 11) is 0. The molecule has 0 radical (unpaired) electrons. The largest absolute Gasteiger partial charge is 0.365 e. The van der Waals surface area contributed by atoms with Crippen molar-refractivity contribution in [2.45, 2.75) is 6.92 Å². The summed E-state index contributed by atoms with van der Waals surface area (Å²) >= 11 is 0. The number of nitrogens with zero attached hydrogens (tertiary/aromatic N) is 2. The molecule has 0 saturated carbocycles. The molecular formula is C20H16N4O. The number of nitrogens with one attached hydrogen (secondary N) is 1. The first-order valence-corrected chi connectivity index (χ1v) is 7.72. The molecule has 2 aromatic carbocycles. The Morgan fingerprint density at radius 2 is 1.76 bits per heavy atom. The fourth-order valence-corrected chi connectivity index (χ4v) is 2.47. The molecule has 1 heterocycles. The summed E-state index contributed by atoms with van der Waals surface area (Å²) in [5, 5.41) is 12.3. The molecule has 0 aliphatic carbocycles. The van der Waals surface area contributed by atoms with Crippen LogP contribution in [-0.2, 0) is 4.79 Å². The Morgan fingerprint density at radius 3 is 2.36 bits per heavy atom. The lowest BCUT2D eigenvalue weighted by atomic mass is 10.0. The van der Waals surface area contributed by atoms with E-state index in [1.165, 1.54) is 0 Å². The number of primary amides is 1. The Labute approximate surface area is 145 Å². The van der Waals surface area contributed by atoms with Crippen LogP contribution in [0.25, 0.3) is 5.70 Å². The zero-order chi connectivity index (χ0) is 17.8. The highest BCUT2D eigenvalue weighted by Crippen LogP contribution is 2.22. The minimum absolute atomic E-state index is 0.159. The molecule has 3 N–H and O–H groups in total. The van der Waals surface area contributed by atoms with Gasteiger partial charge in [0.15, 0.2) is 11.4 Å². The van der Waals surface area contributed by atoms with Gasteiger partial charge in [0.05, 0.1) is 5.71 Å². The van der Waals surface area contributed by atoms with Gasteiger partial charge in [-0.1, -0.05) is 60.2 Å². The van der Waals surface area contributed by atoms with Gasteiger partial charge >= 0.3 is 0 Å². The van der Waals surface area contributed by atoms with E-state index in [0.29, 0.717) is 5.71 Å². The first kappa shape index (κ1) is 16.2. The molecular weight excluding hydrogens is 312 g/mol. The van der Waals surface area contributed by atoms with Crippen molar-refractivity contribution < 1.29 is 4.79 Å². The van der Waals surface area contributed by atoms with E-state index in [4.69, 9.17) is 5.73 Å². The van der Waals surface area contributed by atoms with Gasteiger partial charge in [-0.3, -0.25) is 4.79 Å². The summed E-state index contributed by atoms with van der Waals surface area (Å²) in [5.41, 5.74) is 9.46. The molecule has 1 aliphatic heterocycles. The fraction of sp³-hybridized carbons (Fsp3) is 0.0500. The van der Waals surface area contributed by atoms with Crippen LogP contribution in [-0.4, -0.2) is 11.6 Å². The van der Waals surface area contributed by atoms with E-state index in [9.17, 15) is 10.1 Å². The summed E-state index contributed by atoms with van der Waals surface area (Å²) < 4.78 is 0. The van der Waals surface area contributed by atoms with Gasteiger partial charge in [0, 0.05) is 11.3 Å². The van der Waals surface area contributed by atoms with Gasteiger partial charge in [0.1, 0.15) is 6.07 Å². The van der Waals surface area contributed by atoms with Crippen molar-refractivity contribution in [3.63, 3.8) is 0 Å². The van der Waals surface area contributed by atoms with Gasteiger partial charge in [-0.15, -0.1) is 0 Å². The number of amides is 1. The lowest BCUT2D eigenvalue weighted by Gasteiger charge is -2.19. The highest BCUT2D eigenvalue weighted by atomic mass is 16.1. The molecule has 2 aromatic rings. The van der Waals surface area contributed by atoms with Crippen molar-refractivity contribution in [2.24, 2.45) is 10.7 Å². The second-order valence-electron chi connectivity index (χ2n) is 5.61. The van der Waals surface area contributed by atoms with Crippen molar-refractivity contribution in [3.8, 4) is 6.07 Å². The Bertz CT molecular complexity index is 945. The smallest absolute Gasteiger partial charge is 0.263 e. The van der Waals surface area contributed by atoms with Gasteiger partial charge < -0.3 is 11.1 Å². The molecule has 5 nitrogen and oxygen atoms in total. The molecule has 0 saturated heterocycles. The summed E-state index contributed by atoms with van der Waals surface area (Å²) in [6.07, 6.45) is 1.89. The van der Waals surface area contributed by atoms with Gasteiger partial charge in [-0.2, -0.15) is 5.26 Å². The second-order valence-corrected chi connectivity index (χ2v) is 5.61. The SMILES string of the molecule is Cc1ccc(C2=CC(c3ccccc3)=N/C(=C(\C#N)C(N)=O)N2)cc1. The first-order valence-electron chi connectivity index (χ1n) is 7.72. The van der Waals surface area contributed by atoms with Crippen LogP contribution in [0.15, 0.2) is 77.1 Å². The molecule has 1 aliphatic rings. The predicted octanol–water partition coefficient (Wildman–Crippen LogP) is 2.65. The number of carbonyl (C=O) groups excluding carboxylic acids is 1. The van der Waals surface area contributed by atoms with Gasteiger partial charge in [-0.05, 0) is 18.6 Å². The third-order valence-electron chi connectivity index (χ3n) is 3.79. The van der Waals surface area contributed by atoms with E-state index in [1.807, 2.05) is 73.7 Å². The lowest BCUT2D eigenvalue weighted by molar-refractivity contribution is -0.114. The molecule has 0 atom stereocenters. The number of carbonyl (C=O) groups is 1. The van der Waals surface area contributed by atoms with Crippen molar-refractivity contribution in [2.75, 3.05) is 0 Å². The molecule has 0 unspecified atom stereocenters. The van der Waals surface area contributed by atoms with Crippen LogP contribution in [0.5, 0.6) is 0 Å². The van der Waals surface area contributed by atoms with Gasteiger partial charge in [0.25, 0.3) is 5.91 Å². The van der Waals surface area contributed by atoms with E-state index in [2.05, 4.69) is 10.3 Å². The Kier molecular flexibility index (Phi) is 4.44. The van der Waals surface area contributed by atoms with Crippen LogP contribution in [0.4, 0.5) is 0 Å². The number of benzene rings is 2. The Balaban J connectivity index is 2.15. The van der Waals surface area contributed by atoms with Crippen molar-refractivity contribution in [3.05, 3.63) is 88.8 Å². The van der Waals surface area contributed by atoms with E-state index in [-0.39, 0.29) is 11.4 Å². The summed E-state index contributed by atoms with van der Waals surface area (Å²) in [6.45, 7) is 2.01. The second kappa shape index (κ2) is 6.85. The molecule has 1 amide bonds. The normalized spacial score (nSPS) is 15.4. The zero-order valence-corrected chi connectivity index (χ0v) is 13.7. The Hall–Kier alpha value is -3.65. The highest BCUT2D eigenvalue weighted by Gasteiger charge is 2.19. The van der Waals surface area contributed by atoms with Crippen LogP contribution in [0.2, 0.25) is 0 Å². The topological polar surface area (TPSA) is 91.3 Å². The van der Waals surface area contributed by atoms with Crippen molar-refractivity contribution in [1.29, 1.82) is 5.26 Å². The quantitative estimate of drug-likeness (QED) is 0.670. The molecule has 0 aromatic heterocycles. The van der Waals surface area contributed by atoms with E-state index < -0.39 is 5.91 Å². The maximum atomic E-state index is 11.6. The molecule has 5 heteroatoms. The number of aliphatic imine (C=N–C) groups is 1. The van der Waals surface area contributed by atoms with Crippen molar-refractivity contribution in [1.82, 2.24) is 5.32 Å². The van der Waals surface area contributed by atoms with E-state index in [1.54, 1.807) is 0 Å². The van der Waals surface area contributed by atoms with Crippen LogP contribution in [0, 0.1) is 18.3 Å². The monoisotopic (exact) mass is 328 g/mol. The predicted molar refractivity (Wildman–Crippen MR) is 97.1 cm³/mol. The fourth-order valence-electron chi connectivity index (χ4n) is 2.47. The highest BCUT2D eigenvalue weighted by molar-refractivity contribution is 6.14. The zero-order valence-electron chi connectivity index (χ0n) is 13.7. The minimum Gasteiger partial charge on any atom is -0.365 e. The van der Waals surface area contributed by atoms with Crippen LogP contribution < -0.4 is 11.1 Å². The maximum Gasteiger partial charge on any atom is 0.263 e. The number of nitriles is 1. The lowest BCUT2D eigenvalue weighted by Crippen LogP contribution is -2.24. The molecule has 0 fully saturated rings. The number of aryl methyl sites for hydroxylation is 1. The van der Waals surface area contributed by atoms with Crippen LogP contribution in [0.3, 0.4) is 0 Å². The molecule has 0 spiro atoms. The van der Waals surface area contributed by atoms with E-state index in [0.717, 1.165) is 22.4 Å². The standard InChI is InChI=1S/C20H16N4O/c1-13-7-9-15(10-8-13)18-11-17(14-5-3-2-4-6-14)23-20(24-18)16(12-21)19(22)25/h2-11,24H,1H3,(H2,22,25)/b20-16-. The van der Waals surface area contributed by atoms with E-state index >= 15 is 0 Å². The number of rotatable bonds is 3. The first-order chi connectivity index (χ1) is 12.1. The molecule has 0 bridgehead atoms. The Morgan fingerprint density at radius 1 is 1.08 bits per heavy atom. The third-order valence-corrected chi connectivity index (χ3v) is 3.79. The third kappa shape index (κ3) is 3.48. The number of hydrogen-bond donors (Lipinski definition) is 2. The van der Waals surface area contributed by atoms with Gasteiger partial charge in [-0.25, -0.2) is 4.99 Å². The minimum atomic E-state index is -0.814. The summed E-state index contributed by atoms with van der Waals surface area (Å²) in [5.74, 6) is -0.654. The average molecular weight is 328 g/mol. The average Bonchev–Trinajstić information content (AvgIpc) is 2.63. The number of hydrogen-bond acceptors (Lipinski definition) is 4. The molecule has 25 heavy (non-hydrogen) atoms. The van der Waals surface area contributed by atoms with Crippen LogP contribution >= 0.6 is 0 Å².